The van der Waals surface area contributed by atoms with Crippen LogP contribution in [0.3, 0.4) is 0 Å². The van der Waals surface area contributed by atoms with Gasteiger partial charge in [-0.1, -0.05) is 48.5 Å². The molecule has 0 aliphatic carbocycles. The fraction of sp³-hybridized carbons (Fsp3) is 0.440. The van der Waals surface area contributed by atoms with E-state index in [4.69, 9.17) is 4.74 Å². The Morgan fingerprint density at radius 3 is 2.27 bits per heavy atom. The lowest BCUT2D eigenvalue weighted by molar-refractivity contribution is -0.141. The third-order valence-corrected chi connectivity index (χ3v) is 5.83. The van der Waals surface area contributed by atoms with Gasteiger partial charge in [-0.3, -0.25) is 9.59 Å². The van der Waals surface area contributed by atoms with Gasteiger partial charge in [-0.05, 0) is 43.9 Å². The van der Waals surface area contributed by atoms with Gasteiger partial charge in [0.25, 0.3) is 5.91 Å². The smallest absolute Gasteiger partial charge is 0.260 e. The summed E-state index contributed by atoms with van der Waals surface area (Å²) >= 11 is 0. The van der Waals surface area contributed by atoms with Gasteiger partial charge in [-0.25, -0.2) is 0 Å². The third kappa shape index (κ3) is 5.62. The SMILES string of the molecule is CCN(CC)C(=O)C1CCN(C(=O)COc2ccccc2Cc2ccccc2)CC1. The second-order valence-electron chi connectivity index (χ2n) is 7.72. The highest BCUT2D eigenvalue weighted by Crippen LogP contribution is 2.23. The summed E-state index contributed by atoms with van der Waals surface area (Å²) in [6, 6.07) is 18.1. The van der Waals surface area contributed by atoms with Crippen LogP contribution in [0.5, 0.6) is 5.75 Å². The van der Waals surface area contributed by atoms with Crippen LogP contribution in [0.15, 0.2) is 54.6 Å². The molecule has 5 nitrogen and oxygen atoms in total. The van der Waals surface area contributed by atoms with Gasteiger partial charge in [0, 0.05) is 38.5 Å². The van der Waals surface area contributed by atoms with Crippen LogP contribution in [0.25, 0.3) is 0 Å². The van der Waals surface area contributed by atoms with Crippen LogP contribution in [-0.4, -0.2) is 54.4 Å². The van der Waals surface area contributed by atoms with E-state index >= 15 is 0 Å². The molecule has 1 heterocycles. The predicted octanol–water partition coefficient (Wildman–Crippen LogP) is 3.76. The lowest BCUT2D eigenvalue weighted by Crippen LogP contribution is -2.45. The van der Waals surface area contributed by atoms with Crippen molar-refractivity contribution in [3.8, 4) is 5.75 Å². The summed E-state index contributed by atoms with van der Waals surface area (Å²) < 4.78 is 5.91. The largest absolute Gasteiger partial charge is 0.483 e. The number of likely N-dealkylation sites (tertiary alicyclic amines) is 1. The zero-order valence-electron chi connectivity index (χ0n) is 18.0. The Morgan fingerprint density at radius 2 is 1.60 bits per heavy atom. The summed E-state index contributed by atoms with van der Waals surface area (Å²) in [5, 5.41) is 0. The summed E-state index contributed by atoms with van der Waals surface area (Å²) in [5.74, 6) is 0.985. The maximum Gasteiger partial charge on any atom is 0.260 e. The van der Waals surface area contributed by atoms with E-state index in [1.807, 2.05) is 66.1 Å². The number of rotatable bonds is 8. The van der Waals surface area contributed by atoms with Crippen molar-refractivity contribution in [2.45, 2.75) is 33.1 Å². The van der Waals surface area contributed by atoms with Crippen molar-refractivity contribution >= 4 is 11.8 Å². The molecule has 30 heavy (non-hydrogen) atoms. The third-order valence-electron chi connectivity index (χ3n) is 5.83. The Balaban J connectivity index is 1.52. The highest BCUT2D eigenvalue weighted by atomic mass is 16.5. The quantitative estimate of drug-likeness (QED) is 0.668. The second-order valence-corrected chi connectivity index (χ2v) is 7.72. The first-order valence-electron chi connectivity index (χ1n) is 10.9. The first-order valence-corrected chi connectivity index (χ1v) is 10.9. The number of hydrogen-bond acceptors (Lipinski definition) is 3. The highest BCUT2D eigenvalue weighted by Gasteiger charge is 2.29. The van der Waals surface area contributed by atoms with Gasteiger partial charge in [-0.2, -0.15) is 0 Å². The average Bonchev–Trinajstić information content (AvgIpc) is 2.80. The van der Waals surface area contributed by atoms with Crippen molar-refractivity contribution in [3.05, 3.63) is 65.7 Å². The zero-order chi connectivity index (χ0) is 21.3. The van der Waals surface area contributed by atoms with Gasteiger partial charge in [-0.15, -0.1) is 0 Å². The van der Waals surface area contributed by atoms with E-state index in [0.717, 1.165) is 43.7 Å². The predicted molar refractivity (Wildman–Crippen MR) is 118 cm³/mol. The molecule has 160 valence electrons. The van der Waals surface area contributed by atoms with Gasteiger partial charge in [0.15, 0.2) is 6.61 Å². The van der Waals surface area contributed by atoms with Gasteiger partial charge in [0.2, 0.25) is 5.91 Å². The molecule has 1 saturated heterocycles. The molecule has 5 heteroatoms. The fourth-order valence-electron chi connectivity index (χ4n) is 4.01. The van der Waals surface area contributed by atoms with Crippen molar-refractivity contribution in [3.63, 3.8) is 0 Å². The first-order chi connectivity index (χ1) is 14.6. The molecule has 1 aliphatic rings. The van der Waals surface area contributed by atoms with E-state index in [-0.39, 0.29) is 24.3 Å². The van der Waals surface area contributed by atoms with Crippen LogP contribution in [-0.2, 0) is 16.0 Å². The maximum absolute atomic E-state index is 12.7. The Hall–Kier alpha value is -2.82. The van der Waals surface area contributed by atoms with Crippen LogP contribution >= 0.6 is 0 Å². The van der Waals surface area contributed by atoms with E-state index in [2.05, 4.69) is 12.1 Å². The topological polar surface area (TPSA) is 49.9 Å². The molecular formula is C25H32N2O3. The number of benzene rings is 2. The number of ether oxygens (including phenoxy) is 1. The minimum absolute atomic E-state index is 0.0155. The molecule has 2 aromatic carbocycles. The average molecular weight is 409 g/mol. The van der Waals surface area contributed by atoms with Gasteiger partial charge >= 0.3 is 0 Å². The van der Waals surface area contributed by atoms with E-state index in [9.17, 15) is 9.59 Å². The molecule has 0 spiro atoms. The lowest BCUT2D eigenvalue weighted by atomic mass is 9.95. The van der Waals surface area contributed by atoms with Gasteiger partial charge < -0.3 is 14.5 Å². The van der Waals surface area contributed by atoms with Crippen LogP contribution in [0.2, 0.25) is 0 Å². The van der Waals surface area contributed by atoms with Crippen molar-refractivity contribution in [2.75, 3.05) is 32.8 Å². The minimum Gasteiger partial charge on any atom is -0.483 e. The van der Waals surface area contributed by atoms with Crippen molar-refractivity contribution < 1.29 is 14.3 Å². The monoisotopic (exact) mass is 408 g/mol. The summed E-state index contributed by atoms with van der Waals surface area (Å²) in [4.78, 5) is 28.9. The van der Waals surface area contributed by atoms with Crippen LogP contribution in [0, 0.1) is 5.92 Å². The maximum atomic E-state index is 12.7. The van der Waals surface area contributed by atoms with Crippen molar-refractivity contribution in [1.82, 2.24) is 9.80 Å². The lowest BCUT2D eigenvalue weighted by Gasteiger charge is -2.33. The number of amides is 2. The Kier molecular flexibility index (Phi) is 7.89. The molecule has 1 aliphatic heterocycles. The summed E-state index contributed by atoms with van der Waals surface area (Å²) in [6.45, 7) is 6.76. The van der Waals surface area contributed by atoms with Gasteiger partial charge in [0.1, 0.15) is 5.75 Å². The van der Waals surface area contributed by atoms with Gasteiger partial charge in [0.05, 0.1) is 0 Å². The number of para-hydroxylation sites is 1. The molecule has 1 fully saturated rings. The van der Waals surface area contributed by atoms with Crippen molar-refractivity contribution in [2.24, 2.45) is 5.92 Å². The molecule has 0 saturated carbocycles. The Bertz CT molecular complexity index is 825. The fourth-order valence-corrected chi connectivity index (χ4v) is 4.01. The summed E-state index contributed by atoms with van der Waals surface area (Å²) in [6.07, 6.45) is 2.22. The minimum atomic E-state index is -0.0155. The van der Waals surface area contributed by atoms with Crippen LogP contribution in [0.1, 0.15) is 37.8 Å². The number of carbonyl (C=O) groups is 2. The molecular weight excluding hydrogens is 376 g/mol. The van der Waals surface area contributed by atoms with Crippen LogP contribution in [0.4, 0.5) is 0 Å². The molecule has 2 amide bonds. The second kappa shape index (κ2) is 10.8. The number of nitrogens with zero attached hydrogens (tertiary/aromatic N) is 2. The molecule has 2 aromatic rings. The molecule has 0 bridgehead atoms. The number of piperidine rings is 1. The molecule has 0 unspecified atom stereocenters. The number of carbonyl (C=O) groups excluding carboxylic acids is 2. The zero-order valence-corrected chi connectivity index (χ0v) is 18.0. The van der Waals surface area contributed by atoms with E-state index < -0.39 is 0 Å². The highest BCUT2D eigenvalue weighted by molar-refractivity contribution is 5.80. The Morgan fingerprint density at radius 1 is 0.967 bits per heavy atom. The summed E-state index contributed by atoms with van der Waals surface area (Å²) in [5.41, 5.74) is 2.28. The molecule has 0 aromatic heterocycles. The summed E-state index contributed by atoms with van der Waals surface area (Å²) in [7, 11) is 0. The number of hydrogen-bond donors (Lipinski definition) is 0. The standard InChI is InChI=1S/C25H32N2O3/c1-3-26(4-2)25(29)21-14-16-27(17-15-21)24(28)19-30-23-13-9-8-12-22(23)18-20-10-6-5-7-11-20/h5-13,21H,3-4,14-19H2,1-2H3. The van der Waals surface area contributed by atoms with E-state index in [1.54, 1.807) is 0 Å². The van der Waals surface area contributed by atoms with Crippen LogP contribution < -0.4 is 4.74 Å². The molecule has 3 rings (SSSR count). The first kappa shape index (κ1) is 21.9. The molecule has 0 radical (unpaired) electrons. The van der Waals surface area contributed by atoms with E-state index in [0.29, 0.717) is 13.1 Å². The normalized spacial score (nSPS) is 14.4. The molecule has 0 atom stereocenters. The molecule has 0 N–H and O–H groups in total. The van der Waals surface area contributed by atoms with Crippen molar-refractivity contribution in [1.29, 1.82) is 0 Å². The van der Waals surface area contributed by atoms with E-state index in [1.165, 1.54) is 5.56 Å². The Labute approximate surface area is 179 Å².